The van der Waals surface area contributed by atoms with Gasteiger partial charge in [-0.05, 0) is 35.8 Å². The molecule has 0 saturated carbocycles. The number of para-hydroxylation sites is 1. The smallest absolute Gasteiger partial charge is 0.226 e. The maximum atomic E-state index is 12.5. The minimum absolute atomic E-state index is 0.0746. The molecule has 0 fully saturated rings. The number of amides is 2. The Kier molecular flexibility index (Phi) is 4.47. The van der Waals surface area contributed by atoms with Crippen LogP contribution in [-0.4, -0.2) is 16.7 Å². The molecule has 0 bridgehead atoms. The lowest BCUT2D eigenvalue weighted by molar-refractivity contribution is -0.129. The fraction of sp³-hybridized carbons (Fsp3) is 0.200. The molecule has 2 aromatic carbocycles. The summed E-state index contributed by atoms with van der Waals surface area (Å²) in [4.78, 5) is 26.1. The minimum atomic E-state index is -0.285. The number of nitrogens with one attached hydrogen (secondary N) is 1. The molecule has 0 saturated heterocycles. The average molecular weight is 320 g/mol. The van der Waals surface area contributed by atoms with Gasteiger partial charge in [0.05, 0.1) is 12.5 Å². The number of anilines is 1. The van der Waals surface area contributed by atoms with Gasteiger partial charge >= 0.3 is 0 Å². The van der Waals surface area contributed by atoms with Crippen LogP contribution >= 0.6 is 0 Å². The second-order valence-corrected chi connectivity index (χ2v) is 5.95. The molecule has 0 aromatic heterocycles. The molecule has 1 unspecified atom stereocenters. The Balaban J connectivity index is 1.83. The van der Waals surface area contributed by atoms with Crippen molar-refractivity contribution in [1.82, 2.24) is 4.90 Å². The van der Waals surface area contributed by atoms with Crippen LogP contribution in [0.2, 0.25) is 0 Å². The topological polar surface area (TPSA) is 49.4 Å². The van der Waals surface area contributed by atoms with E-state index in [-0.39, 0.29) is 24.3 Å². The van der Waals surface area contributed by atoms with Gasteiger partial charge in [0.1, 0.15) is 0 Å². The van der Waals surface area contributed by atoms with Crippen molar-refractivity contribution in [2.75, 3.05) is 5.32 Å². The summed E-state index contributed by atoms with van der Waals surface area (Å²) in [5, 5.41) is 2.95. The Hall–Kier alpha value is -2.88. The molecular formula is C20H20N2O2. The van der Waals surface area contributed by atoms with Crippen LogP contribution in [0.15, 0.2) is 54.7 Å². The van der Waals surface area contributed by atoms with Crippen LogP contribution in [0, 0.1) is 6.92 Å². The summed E-state index contributed by atoms with van der Waals surface area (Å²) in [6.07, 6.45) is 3.89. The van der Waals surface area contributed by atoms with Crippen molar-refractivity contribution in [2.24, 2.45) is 0 Å². The molecule has 4 heteroatoms. The molecule has 1 aliphatic rings. The van der Waals surface area contributed by atoms with Gasteiger partial charge in [-0.15, -0.1) is 0 Å². The van der Waals surface area contributed by atoms with Crippen molar-refractivity contribution in [3.05, 3.63) is 71.4 Å². The van der Waals surface area contributed by atoms with E-state index < -0.39 is 0 Å². The van der Waals surface area contributed by atoms with E-state index in [0.717, 1.165) is 22.4 Å². The molecule has 1 heterocycles. The lowest BCUT2D eigenvalue weighted by Gasteiger charge is -2.32. The molecular weight excluding hydrogens is 300 g/mol. The molecule has 1 aliphatic heterocycles. The zero-order valence-corrected chi connectivity index (χ0v) is 13.8. The van der Waals surface area contributed by atoms with Gasteiger partial charge in [-0.1, -0.05) is 42.5 Å². The van der Waals surface area contributed by atoms with Crippen LogP contribution in [0.4, 0.5) is 5.69 Å². The number of carbonyl (C=O) groups is 2. The Morgan fingerprint density at radius 3 is 2.54 bits per heavy atom. The lowest BCUT2D eigenvalue weighted by Crippen LogP contribution is -2.33. The van der Waals surface area contributed by atoms with Gasteiger partial charge in [0.2, 0.25) is 11.8 Å². The van der Waals surface area contributed by atoms with Crippen LogP contribution in [0.3, 0.4) is 0 Å². The number of hydrogen-bond donors (Lipinski definition) is 1. The van der Waals surface area contributed by atoms with E-state index in [2.05, 4.69) is 5.32 Å². The van der Waals surface area contributed by atoms with E-state index in [1.54, 1.807) is 11.1 Å². The SMILES string of the molecule is CC(=O)N1C=Cc2ccccc2C1CC(=O)Nc1ccccc1C. The minimum Gasteiger partial charge on any atom is -0.326 e. The van der Waals surface area contributed by atoms with E-state index in [9.17, 15) is 9.59 Å². The van der Waals surface area contributed by atoms with Crippen molar-refractivity contribution in [2.45, 2.75) is 26.3 Å². The monoisotopic (exact) mass is 320 g/mol. The van der Waals surface area contributed by atoms with E-state index in [1.807, 2.05) is 61.5 Å². The van der Waals surface area contributed by atoms with Gasteiger partial charge in [-0.25, -0.2) is 0 Å². The average Bonchev–Trinajstić information content (AvgIpc) is 2.57. The molecule has 4 nitrogen and oxygen atoms in total. The van der Waals surface area contributed by atoms with Crippen molar-refractivity contribution >= 4 is 23.6 Å². The molecule has 0 radical (unpaired) electrons. The first kappa shape index (κ1) is 16.0. The molecule has 1 N–H and O–H groups in total. The Labute approximate surface area is 141 Å². The first-order valence-corrected chi connectivity index (χ1v) is 7.98. The van der Waals surface area contributed by atoms with Gasteiger partial charge in [-0.2, -0.15) is 0 Å². The molecule has 1 atom stereocenters. The van der Waals surface area contributed by atoms with Crippen molar-refractivity contribution in [3.8, 4) is 0 Å². The Morgan fingerprint density at radius 2 is 1.79 bits per heavy atom. The van der Waals surface area contributed by atoms with Gasteiger partial charge in [0, 0.05) is 18.8 Å². The molecule has 3 rings (SSSR count). The Morgan fingerprint density at radius 1 is 1.08 bits per heavy atom. The standard InChI is InChI=1S/C20H20N2O2/c1-14-7-3-6-10-18(14)21-20(24)13-19-17-9-5-4-8-16(17)11-12-22(19)15(2)23/h3-12,19H,13H2,1-2H3,(H,21,24). The van der Waals surface area contributed by atoms with Crippen LogP contribution in [0.25, 0.3) is 6.08 Å². The van der Waals surface area contributed by atoms with E-state index in [0.29, 0.717) is 0 Å². The van der Waals surface area contributed by atoms with Crippen molar-refractivity contribution in [3.63, 3.8) is 0 Å². The molecule has 0 spiro atoms. The largest absolute Gasteiger partial charge is 0.326 e. The van der Waals surface area contributed by atoms with Gasteiger partial charge < -0.3 is 10.2 Å². The van der Waals surface area contributed by atoms with Gasteiger partial charge in [-0.3, -0.25) is 9.59 Å². The summed E-state index contributed by atoms with van der Waals surface area (Å²) in [5.41, 5.74) is 3.86. The van der Waals surface area contributed by atoms with Crippen molar-refractivity contribution in [1.29, 1.82) is 0 Å². The second-order valence-electron chi connectivity index (χ2n) is 5.95. The predicted octanol–water partition coefficient (Wildman–Crippen LogP) is 3.90. The van der Waals surface area contributed by atoms with Crippen LogP contribution < -0.4 is 5.32 Å². The first-order valence-electron chi connectivity index (χ1n) is 7.98. The highest BCUT2D eigenvalue weighted by atomic mass is 16.2. The number of fused-ring (bicyclic) bond motifs is 1. The summed E-state index contributed by atoms with van der Waals surface area (Å²) in [5.74, 6) is -0.180. The van der Waals surface area contributed by atoms with E-state index in [1.165, 1.54) is 6.92 Å². The zero-order valence-electron chi connectivity index (χ0n) is 13.8. The molecule has 2 amide bonds. The molecule has 122 valence electrons. The number of rotatable bonds is 3. The molecule has 0 aliphatic carbocycles. The van der Waals surface area contributed by atoms with E-state index >= 15 is 0 Å². The molecule has 2 aromatic rings. The fourth-order valence-electron chi connectivity index (χ4n) is 3.00. The number of carbonyl (C=O) groups excluding carboxylic acids is 2. The van der Waals surface area contributed by atoms with Crippen molar-refractivity contribution < 1.29 is 9.59 Å². The van der Waals surface area contributed by atoms with Gasteiger partial charge in [0.15, 0.2) is 0 Å². The number of hydrogen-bond acceptors (Lipinski definition) is 2. The third-order valence-corrected chi connectivity index (χ3v) is 4.27. The highest BCUT2D eigenvalue weighted by molar-refractivity contribution is 5.92. The number of benzene rings is 2. The third kappa shape index (κ3) is 3.23. The second kappa shape index (κ2) is 6.71. The fourth-order valence-corrected chi connectivity index (χ4v) is 3.00. The van der Waals surface area contributed by atoms with Gasteiger partial charge in [0.25, 0.3) is 0 Å². The quantitative estimate of drug-likeness (QED) is 0.932. The summed E-state index contributed by atoms with van der Waals surface area (Å²) in [7, 11) is 0. The van der Waals surface area contributed by atoms with E-state index in [4.69, 9.17) is 0 Å². The number of aryl methyl sites for hydroxylation is 1. The lowest BCUT2D eigenvalue weighted by atomic mass is 9.93. The summed E-state index contributed by atoms with van der Waals surface area (Å²) in [6, 6.07) is 15.2. The van der Waals surface area contributed by atoms with Crippen LogP contribution in [-0.2, 0) is 9.59 Å². The highest BCUT2D eigenvalue weighted by Gasteiger charge is 2.28. The first-order chi connectivity index (χ1) is 11.6. The maximum absolute atomic E-state index is 12.5. The summed E-state index contributed by atoms with van der Waals surface area (Å²) < 4.78 is 0. The summed E-state index contributed by atoms with van der Waals surface area (Å²) >= 11 is 0. The zero-order chi connectivity index (χ0) is 17.1. The van der Waals surface area contributed by atoms with Crippen LogP contribution in [0.1, 0.15) is 36.1 Å². The highest BCUT2D eigenvalue weighted by Crippen LogP contribution is 2.33. The summed E-state index contributed by atoms with van der Waals surface area (Å²) in [6.45, 7) is 3.47. The molecule has 24 heavy (non-hydrogen) atoms. The Bertz CT molecular complexity index is 811. The third-order valence-electron chi connectivity index (χ3n) is 4.27. The predicted molar refractivity (Wildman–Crippen MR) is 95.2 cm³/mol. The number of nitrogens with zero attached hydrogens (tertiary/aromatic N) is 1. The normalized spacial score (nSPS) is 15.8. The van der Waals surface area contributed by atoms with Crippen LogP contribution in [0.5, 0.6) is 0 Å². The maximum Gasteiger partial charge on any atom is 0.226 e.